The second kappa shape index (κ2) is 12.5. The van der Waals surface area contributed by atoms with Crippen LogP contribution in [0, 0.1) is 0 Å². The summed E-state index contributed by atoms with van der Waals surface area (Å²) in [6.07, 6.45) is 9.72. The number of rotatable bonds is 12. The molecule has 1 fully saturated rings. The zero-order valence-electron chi connectivity index (χ0n) is 23.8. The topological polar surface area (TPSA) is 103 Å². The van der Waals surface area contributed by atoms with E-state index in [2.05, 4.69) is 11.9 Å². The van der Waals surface area contributed by atoms with Gasteiger partial charge in [-0.2, -0.15) is 0 Å². The number of carbonyl (C=O) groups excluding carboxylic acids is 2. The average Bonchev–Trinajstić information content (AvgIpc) is 3.69. The molecule has 2 aliphatic rings. The largest absolute Gasteiger partial charge is 0.507 e. The van der Waals surface area contributed by atoms with Crippen LogP contribution in [0.25, 0.3) is 5.76 Å². The third kappa shape index (κ3) is 5.94. The van der Waals surface area contributed by atoms with Crippen LogP contribution < -0.4 is 14.2 Å². The number of hydrogen-bond acceptors (Lipinski definition) is 7. The molecule has 0 aliphatic carbocycles. The molecule has 1 amide bonds. The number of likely N-dealkylation sites (tertiary alicyclic amines) is 1. The van der Waals surface area contributed by atoms with E-state index < -0.39 is 17.7 Å². The molecule has 2 aliphatic heterocycles. The van der Waals surface area contributed by atoms with Crippen molar-refractivity contribution in [2.24, 2.45) is 0 Å². The van der Waals surface area contributed by atoms with Crippen LogP contribution in [0.15, 0.2) is 60.7 Å². The standard InChI is InChI=1S/C32H37N3O6/c1-4-5-6-16-40-26-11-8-22(19-27(26)39-3)29-28(30(36)23-9-10-25-24(18-23)17-21(2)41-25)31(37)32(38)35(29)14-7-13-34-15-12-33-20-34/h8-12,15,18-21,29,36H,4-7,13-14,16-17H2,1-3H3/t21-,29-/m0/s1. The van der Waals surface area contributed by atoms with Crippen molar-refractivity contribution in [2.75, 3.05) is 20.3 Å². The first kappa shape index (κ1) is 28.3. The lowest BCUT2D eigenvalue weighted by atomic mass is 9.94. The molecule has 5 rings (SSSR count). The Bertz CT molecular complexity index is 1430. The van der Waals surface area contributed by atoms with Crippen molar-refractivity contribution >= 4 is 17.4 Å². The van der Waals surface area contributed by atoms with Crippen LogP contribution in [0.2, 0.25) is 0 Å². The summed E-state index contributed by atoms with van der Waals surface area (Å²) in [5.41, 5.74) is 2.15. The Morgan fingerprint density at radius 3 is 2.71 bits per heavy atom. The van der Waals surface area contributed by atoms with Gasteiger partial charge in [-0.05, 0) is 61.2 Å². The van der Waals surface area contributed by atoms with Crippen LogP contribution in [0.4, 0.5) is 0 Å². The highest BCUT2D eigenvalue weighted by Gasteiger charge is 2.46. The maximum absolute atomic E-state index is 13.5. The number of aliphatic hydroxyl groups excluding tert-OH is 1. The maximum Gasteiger partial charge on any atom is 0.295 e. The van der Waals surface area contributed by atoms with Gasteiger partial charge >= 0.3 is 0 Å². The number of benzene rings is 2. The van der Waals surface area contributed by atoms with E-state index in [9.17, 15) is 14.7 Å². The van der Waals surface area contributed by atoms with Gasteiger partial charge in [0, 0.05) is 37.5 Å². The van der Waals surface area contributed by atoms with Crippen LogP contribution in [0.1, 0.15) is 62.3 Å². The molecule has 0 bridgehead atoms. The fourth-order valence-electron chi connectivity index (χ4n) is 5.53. The molecule has 9 heteroatoms. The van der Waals surface area contributed by atoms with Gasteiger partial charge in [0.25, 0.3) is 11.7 Å². The number of aromatic nitrogens is 2. The van der Waals surface area contributed by atoms with Crippen molar-refractivity contribution in [3.8, 4) is 17.2 Å². The van der Waals surface area contributed by atoms with Crippen molar-refractivity contribution < 1.29 is 28.9 Å². The van der Waals surface area contributed by atoms with E-state index in [-0.39, 0.29) is 17.4 Å². The molecule has 0 unspecified atom stereocenters. The highest BCUT2D eigenvalue weighted by atomic mass is 16.5. The molecule has 0 saturated carbocycles. The Labute approximate surface area is 240 Å². The second-order valence-corrected chi connectivity index (χ2v) is 10.6. The van der Waals surface area contributed by atoms with Crippen molar-refractivity contribution in [1.29, 1.82) is 0 Å². The van der Waals surface area contributed by atoms with E-state index in [0.717, 1.165) is 30.6 Å². The molecule has 3 heterocycles. The summed E-state index contributed by atoms with van der Waals surface area (Å²) in [7, 11) is 1.56. The molecule has 41 heavy (non-hydrogen) atoms. The van der Waals surface area contributed by atoms with Crippen LogP contribution in [-0.2, 0) is 22.6 Å². The number of ketones is 1. The lowest BCUT2D eigenvalue weighted by Crippen LogP contribution is -2.31. The third-order valence-corrected chi connectivity index (χ3v) is 7.59. The summed E-state index contributed by atoms with van der Waals surface area (Å²) in [6, 6.07) is 10.0. The van der Waals surface area contributed by atoms with Gasteiger partial charge in [-0.25, -0.2) is 4.98 Å². The highest BCUT2D eigenvalue weighted by Crippen LogP contribution is 2.43. The first-order valence-electron chi connectivity index (χ1n) is 14.3. The van der Waals surface area contributed by atoms with Crippen molar-refractivity contribution in [3.05, 3.63) is 77.4 Å². The Kier molecular flexibility index (Phi) is 8.61. The molecule has 1 saturated heterocycles. The molecule has 2 atom stereocenters. The molecule has 0 radical (unpaired) electrons. The van der Waals surface area contributed by atoms with E-state index in [1.54, 1.807) is 48.8 Å². The predicted octanol–water partition coefficient (Wildman–Crippen LogP) is 5.30. The zero-order chi connectivity index (χ0) is 28.9. The minimum atomic E-state index is -0.788. The lowest BCUT2D eigenvalue weighted by Gasteiger charge is -2.26. The number of ether oxygens (including phenoxy) is 3. The molecule has 3 aromatic rings. The zero-order valence-corrected chi connectivity index (χ0v) is 23.8. The number of nitrogens with zero attached hydrogens (tertiary/aromatic N) is 3. The van der Waals surface area contributed by atoms with Crippen LogP contribution in [0.3, 0.4) is 0 Å². The number of Topliss-reactive ketones (excluding diaryl/α,β-unsaturated/α-hetero) is 1. The maximum atomic E-state index is 13.5. The van der Waals surface area contributed by atoms with Crippen molar-refractivity contribution in [3.63, 3.8) is 0 Å². The van der Waals surface area contributed by atoms with E-state index >= 15 is 0 Å². The minimum absolute atomic E-state index is 0.0404. The fourth-order valence-corrected chi connectivity index (χ4v) is 5.53. The number of fused-ring (bicyclic) bond motifs is 1. The average molecular weight is 560 g/mol. The summed E-state index contributed by atoms with van der Waals surface area (Å²) in [6.45, 7) is 5.64. The van der Waals surface area contributed by atoms with Gasteiger partial charge in [0.2, 0.25) is 0 Å². The number of amides is 1. The van der Waals surface area contributed by atoms with E-state index in [0.29, 0.717) is 55.2 Å². The first-order valence-corrected chi connectivity index (χ1v) is 14.3. The van der Waals surface area contributed by atoms with E-state index in [4.69, 9.17) is 14.2 Å². The normalized spacial score (nSPS) is 19.3. The summed E-state index contributed by atoms with van der Waals surface area (Å²) in [5.74, 6) is 0.318. The molecular weight excluding hydrogens is 522 g/mol. The molecule has 216 valence electrons. The third-order valence-electron chi connectivity index (χ3n) is 7.59. The number of methoxy groups -OCH3 is 1. The van der Waals surface area contributed by atoms with Gasteiger partial charge in [-0.3, -0.25) is 9.59 Å². The second-order valence-electron chi connectivity index (χ2n) is 10.6. The van der Waals surface area contributed by atoms with E-state index in [1.807, 2.05) is 29.8 Å². The molecule has 1 N–H and O–H groups in total. The highest BCUT2D eigenvalue weighted by molar-refractivity contribution is 6.46. The number of imidazole rings is 1. The molecule has 2 aromatic carbocycles. The first-order chi connectivity index (χ1) is 19.9. The van der Waals surface area contributed by atoms with Gasteiger partial charge in [-0.1, -0.05) is 25.8 Å². The predicted molar refractivity (Wildman–Crippen MR) is 154 cm³/mol. The van der Waals surface area contributed by atoms with Crippen molar-refractivity contribution in [1.82, 2.24) is 14.5 Å². The summed E-state index contributed by atoms with van der Waals surface area (Å²) in [4.78, 5) is 32.5. The molecule has 1 aromatic heterocycles. The quantitative estimate of drug-likeness (QED) is 0.139. The van der Waals surface area contributed by atoms with Crippen LogP contribution in [-0.4, -0.2) is 57.6 Å². The van der Waals surface area contributed by atoms with E-state index in [1.165, 1.54) is 0 Å². The van der Waals surface area contributed by atoms with Gasteiger partial charge in [0.1, 0.15) is 17.6 Å². The van der Waals surface area contributed by atoms with Gasteiger partial charge in [0.15, 0.2) is 11.5 Å². The molecular formula is C32H37N3O6. The van der Waals surface area contributed by atoms with Gasteiger partial charge in [0.05, 0.1) is 31.7 Å². The van der Waals surface area contributed by atoms with Gasteiger partial charge < -0.3 is 28.8 Å². The smallest absolute Gasteiger partial charge is 0.295 e. The number of aliphatic hydroxyl groups is 1. The van der Waals surface area contributed by atoms with Crippen LogP contribution >= 0.6 is 0 Å². The summed E-state index contributed by atoms with van der Waals surface area (Å²) < 4.78 is 19.3. The Hall–Kier alpha value is -4.27. The Morgan fingerprint density at radius 2 is 1.95 bits per heavy atom. The van der Waals surface area contributed by atoms with Gasteiger partial charge in [-0.15, -0.1) is 0 Å². The minimum Gasteiger partial charge on any atom is -0.507 e. The Morgan fingerprint density at radius 1 is 1.10 bits per heavy atom. The lowest BCUT2D eigenvalue weighted by molar-refractivity contribution is -0.139. The molecule has 9 nitrogen and oxygen atoms in total. The van der Waals surface area contributed by atoms with Crippen LogP contribution in [0.5, 0.6) is 17.2 Å². The Balaban J connectivity index is 1.51. The number of carbonyl (C=O) groups is 2. The fraction of sp³-hybridized carbons (Fsp3) is 0.406. The number of unbranched alkanes of at least 4 members (excludes halogenated alkanes) is 2. The number of aryl methyl sites for hydroxylation is 1. The monoisotopic (exact) mass is 559 g/mol. The van der Waals surface area contributed by atoms with Crippen molar-refractivity contribution in [2.45, 2.75) is 64.6 Å². The SMILES string of the molecule is CCCCCOc1ccc([C@H]2C(=C(O)c3ccc4c(c3)C[C@H](C)O4)C(=O)C(=O)N2CCCn2ccnc2)cc1OC. The summed E-state index contributed by atoms with van der Waals surface area (Å²) in [5, 5.41) is 11.5. The molecule has 0 spiro atoms. The number of hydrogen-bond donors (Lipinski definition) is 1. The summed E-state index contributed by atoms with van der Waals surface area (Å²) >= 11 is 0.